The van der Waals surface area contributed by atoms with Gasteiger partial charge in [0.2, 0.25) is 0 Å². The van der Waals surface area contributed by atoms with E-state index in [0.717, 1.165) is 67.4 Å². The molecule has 170 valence electrons. The molecule has 0 bridgehead atoms. The van der Waals surface area contributed by atoms with Gasteiger partial charge in [0, 0.05) is 20.1 Å². The first-order chi connectivity index (χ1) is 15.5. The number of guanidine groups is 1. The lowest BCUT2D eigenvalue weighted by molar-refractivity contribution is 0.397. The van der Waals surface area contributed by atoms with Crippen molar-refractivity contribution in [2.24, 2.45) is 12.0 Å². The van der Waals surface area contributed by atoms with Crippen molar-refractivity contribution < 1.29 is 4.74 Å². The van der Waals surface area contributed by atoms with Gasteiger partial charge in [0.15, 0.2) is 11.8 Å². The van der Waals surface area contributed by atoms with Gasteiger partial charge < -0.3 is 19.9 Å². The Morgan fingerprint density at radius 3 is 2.75 bits per heavy atom. The zero-order valence-electron chi connectivity index (χ0n) is 19.2. The third-order valence-corrected chi connectivity index (χ3v) is 5.72. The predicted octanol–water partition coefficient (Wildman–Crippen LogP) is 1.85. The molecular formula is C22H31N9O. The van der Waals surface area contributed by atoms with Crippen LogP contribution in [0, 0.1) is 13.8 Å². The highest BCUT2D eigenvalue weighted by Gasteiger charge is 2.24. The van der Waals surface area contributed by atoms with Crippen LogP contribution in [0.3, 0.4) is 0 Å². The summed E-state index contributed by atoms with van der Waals surface area (Å²) in [5, 5.41) is 19.9. The van der Waals surface area contributed by atoms with Gasteiger partial charge in [-0.1, -0.05) is 12.1 Å². The number of aliphatic imine (C=N–C) groups is 1. The molecular weight excluding hydrogens is 406 g/mol. The largest absolute Gasteiger partial charge is 0.497 e. The Balaban J connectivity index is 1.46. The molecule has 0 fully saturated rings. The van der Waals surface area contributed by atoms with Crippen LogP contribution in [0.25, 0.3) is 0 Å². The molecule has 2 N–H and O–H groups in total. The monoisotopic (exact) mass is 437 g/mol. The fourth-order valence-corrected chi connectivity index (χ4v) is 3.78. The topological polar surface area (TPSA) is 107 Å². The van der Waals surface area contributed by atoms with Gasteiger partial charge in [-0.25, -0.2) is 14.7 Å². The van der Waals surface area contributed by atoms with Gasteiger partial charge in [-0.2, -0.15) is 5.10 Å². The maximum atomic E-state index is 5.24. The lowest BCUT2D eigenvalue weighted by Crippen LogP contribution is -2.42. The van der Waals surface area contributed by atoms with E-state index in [1.165, 1.54) is 5.56 Å². The summed E-state index contributed by atoms with van der Waals surface area (Å²) in [6.07, 6.45) is 2.91. The normalized spacial score (nSPS) is 16.0. The van der Waals surface area contributed by atoms with E-state index in [2.05, 4.69) is 43.0 Å². The van der Waals surface area contributed by atoms with Crippen molar-refractivity contribution in [3.05, 3.63) is 53.1 Å². The Kier molecular flexibility index (Phi) is 6.67. The zero-order chi connectivity index (χ0) is 22.5. The molecule has 1 aliphatic heterocycles. The second kappa shape index (κ2) is 9.80. The number of aryl methyl sites for hydroxylation is 3. The number of benzene rings is 1. The number of nitrogens with zero attached hydrogens (tertiary/aromatic N) is 7. The minimum Gasteiger partial charge on any atom is -0.497 e. The van der Waals surface area contributed by atoms with Crippen molar-refractivity contribution in [3.63, 3.8) is 0 Å². The summed E-state index contributed by atoms with van der Waals surface area (Å²) in [4.78, 5) is 9.43. The van der Waals surface area contributed by atoms with Crippen LogP contribution < -0.4 is 15.4 Å². The molecule has 1 aromatic carbocycles. The van der Waals surface area contributed by atoms with E-state index in [1.54, 1.807) is 7.11 Å². The first-order valence-corrected chi connectivity index (χ1v) is 11.0. The Morgan fingerprint density at radius 1 is 1.22 bits per heavy atom. The lowest BCUT2D eigenvalue weighted by Gasteiger charge is -2.25. The molecule has 1 aliphatic rings. The van der Waals surface area contributed by atoms with E-state index in [1.807, 2.05) is 42.3 Å². The zero-order valence-corrected chi connectivity index (χ0v) is 19.2. The van der Waals surface area contributed by atoms with Crippen LogP contribution in [0.1, 0.15) is 47.7 Å². The number of rotatable bonds is 7. The predicted molar refractivity (Wildman–Crippen MR) is 121 cm³/mol. The Hall–Kier alpha value is -3.43. The third-order valence-electron chi connectivity index (χ3n) is 5.72. The second-order valence-corrected chi connectivity index (χ2v) is 7.99. The molecule has 10 nitrogen and oxygen atoms in total. The molecule has 0 saturated heterocycles. The summed E-state index contributed by atoms with van der Waals surface area (Å²) in [5.41, 5.74) is 1.23. The molecule has 0 aliphatic carbocycles. The fourth-order valence-electron chi connectivity index (χ4n) is 3.78. The van der Waals surface area contributed by atoms with E-state index < -0.39 is 0 Å². The maximum absolute atomic E-state index is 5.24. The molecule has 0 spiro atoms. The maximum Gasteiger partial charge on any atom is 0.192 e. The summed E-state index contributed by atoms with van der Waals surface area (Å²) in [6.45, 7) is 5.95. The molecule has 0 saturated carbocycles. The SMILES string of the molecule is COc1ccc(CCNC(=NCc2nnc(C)n2C)NC2CCCn3nc(C)nc32)cc1. The summed E-state index contributed by atoms with van der Waals surface area (Å²) < 4.78 is 9.20. The molecule has 32 heavy (non-hydrogen) atoms. The van der Waals surface area contributed by atoms with Gasteiger partial charge in [0.05, 0.1) is 13.2 Å². The van der Waals surface area contributed by atoms with Crippen molar-refractivity contribution in [1.29, 1.82) is 0 Å². The molecule has 10 heteroatoms. The van der Waals surface area contributed by atoms with Crippen LogP contribution in [-0.4, -0.2) is 49.1 Å². The number of hydrogen-bond acceptors (Lipinski definition) is 6. The highest BCUT2D eigenvalue weighted by molar-refractivity contribution is 5.80. The van der Waals surface area contributed by atoms with E-state index in [-0.39, 0.29) is 6.04 Å². The van der Waals surface area contributed by atoms with Crippen LogP contribution in [-0.2, 0) is 26.6 Å². The number of hydrogen-bond donors (Lipinski definition) is 2. The molecule has 1 unspecified atom stereocenters. The second-order valence-electron chi connectivity index (χ2n) is 7.99. The van der Waals surface area contributed by atoms with Crippen LogP contribution in [0.2, 0.25) is 0 Å². The van der Waals surface area contributed by atoms with Gasteiger partial charge in [0.1, 0.15) is 29.8 Å². The van der Waals surface area contributed by atoms with Crippen molar-refractivity contribution in [3.8, 4) is 5.75 Å². The smallest absolute Gasteiger partial charge is 0.192 e. The van der Waals surface area contributed by atoms with Crippen LogP contribution in [0.5, 0.6) is 5.75 Å². The van der Waals surface area contributed by atoms with Crippen molar-refractivity contribution >= 4 is 5.96 Å². The van der Waals surface area contributed by atoms with E-state index in [9.17, 15) is 0 Å². The van der Waals surface area contributed by atoms with E-state index in [0.29, 0.717) is 6.54 Å². The lowest BCUT2D eigenvalue weighted by atomic mass is 10.1. The summed E-state index contributed by atoms with van der Waals surface area (Å²) in [6, 6.07) is 8.20. The van der Waals surface area contributed by atoms with Crippen molar-refractivity contribution in [2.75, 3.05) is 13.7 Å². The van der Waals surface area contributed by atoms with Gasteiger partial charge in [-0.15, -0.1) is 10.2 Å². The van der Waals surface area contributed by atoms with Gasteiger partial charge in [-0.3, -0.25) is 0 Å². The summed E-state index contributed by atoms with van der Waals surface area (Å²) in [5.74, 6) is 5.05. The van der Waals surface area contributed by atoms with E-state index in [4.69, 9.17) is 9.73 Å². The van der Waals surface area contributed by atoms with Gasteiger partial charge in [0.25, 0.3) is 0 Å². The minimum absolute atomic E-state index is 0.0680. The van der Waals surface area contributed by atoms with Crippen molar-refractivity contribution in [2.45, 2.75) is 52.2 Å². The molecule has 0 amide bonds. The molecule has 3 aromatic rings. The average Bonchev–Trinajstić information content (AvgIpc) is 3.34. The Bertz CT molecular complexity index is 1070. The molecule has 1 atom stereocenters. The third kappa shape index (κ3) is 5.06. The summed E-state index contributed by atoms with van der Waals surface area (Å²) >= 11 is 0. The van der Waals surface area contributed by atoms with Crippen LogP contribution >= 0.6 is 0 Å². The number of fused-ring (bicyclic) bond motifs is 1. The number of nitrogens with one attached hydrogen (secondary N) is 2. The highest BCUT2D eigenvalue weighted by Crippen LogP contribution is 2.22. The fraction of sp³-hybridized carbons (Fsp3) is 0.500. The molecule has 3 heterocycles. The quantitative estimate of drug-likeness (QED) is 0.429. The molecule has 2 aromatic heterocycles. The minimum atomic E-state index is 0.0680. The van der Waals surface area contributed by atoms with Crippen LogP contribution in [0.15, 0.2) is 29.3 Å². The standard InChI is InChI=1S/C22H31N9O/c1-15-25-21-19(6-5-13-31(21)29-15)26-22(24-14-20-28-27-16(2)30(20)3)23-12-11-17-7-9-18(32-4)10-8-17/h7-10,19H,5-6,11-14H2,1-4H3,(H2,23,24,26). The highest BCUT2D eigenvalue weighted by atomic mass is 16.5. The molecule has 0 radical (unpaired) electrons. The van der Waals surface area contributed by atoms with Crippen molar-refractivity contribution in [1.82, 2.24) is 40.2 Å². The first-order valence-electron chi connectivity index (χ1n) is 11.0. The number of ether oxygens (including phenoxy) is 1. The van der Waals surface area contributed by atoms with Gasteiger partial charge in [-0.05, 0) is 50.8 Å². The van der Waals surface area contributed by atoms with E-state index >= 15 is 0 Å². The van der Waals surface area contributed by atoms with Gasteiger partial charge >= 0.3 is 0 Å². The van der Waals surface area contributed by atoms with Crippen LogP contribution in [0.4, 0.5) is 0 Å². The average molecular weight is 438 g/mol. The number of aromatic nitrogens is 6. The first kappa shape index (κ1) is 21.8. The Morgan fingerprint density at radius 2 is 2.03 bits per heavy atom. The Labute approximate surface area is 188 Å². The number of methoxy groups -OCH3 is 1. The summed E-state index contributed by atoms with van der Waals surface area (Å²) in [7, 11) is 3.63. The molecule has 4 rings (SSSR count).